The maximum absolute atomic E-state index is 6.45. The molecule has 20 heavy (non-hydrogen) atoms. The van der Waals surface area contributed by atoms with Crippen molar-refractivity contribution in [3.8, 4) is 0 Å². The van der Waals surface area contributed by atoms with Gasteiger partial charge in [-0.1, -0.05) is 42.5 Å². The molecule has 106 valence electrons. The van der Waals surface area contributed by atoms with Crippen molar-refractivity contribution in [1.82, 2.24) is 0 Å². The van der Waals surface area contributed by atoms with E-state index in [1.807, 2.05) is 0 Å². The summed E-state index contributed by atoms with van der Waals surface area (Å²) in [6.45, 7) is 2.89. The molecule has 2 N–H and O–H groups in total. The molecule has 2 nitrogen and oxygen atoms in total. The van der Waals surface area contributed by atoms with Crippen molar-refractivity contribution < 1.29 is 4.74 Å². The fourth-order valence-corrected chi connectivity index (χ4v) is 3.30. The Bertz CT molecular complexity index is 569. The number of benzene rings is 2. The highest BCUT2D eigenvalue weighted by Gasteiger charge is 2.31. The van der Waals surface area contributed by atoms with Gasteiger partial charge < -0.3 is 10.5 Å². The van der Waals surface area contributed by atoms with Crippen LogP contribution in [-0.4, -0.2) is 12.7 Å². The number of nitrogens with two attached hydrogens (primary N) is 1. The first-order chi connectivity index (χ1) is 9.78. The van der Waals surface area contributed by atoms with Crippen LogP contribution in [-0.2, 0) is 4.74 Å². The van der Waals surface area contributed by atoms with E-state index < -0.39 is 0 Å². The van der Waals surface area contributed by atoms with Crippen LogP contribution in [0.1, 0.15) is 37.8 Å². The van der Waals surface area contributed by atoms with Crippen LogP contribution in [0.25, 0.3) is 10.8 Å². The van der Waals surface area contributed by atoms with Crippen molar-refractivity contribution >= 4 is 10.8 Å². The fourth-order valence-electron chi connectivity index (χ4n) is 3.30. The second-order valence-corrected chi connectivity index (χ2v) is 5.83. The highest BCUT2D eigenvalue weighted by molar-refractivity contribution is 5.86. The molecule has 0 bridgehead atoms. The first kappa shape index (κ1) is 13.6. The minimum absolute atomic E-state index is 0.133. The van der Waals surface area contributed by atoms with Crippen LogP contribution in [0.4, 0.5) is 0 Å². The zero-order valence-corrected chi connectivity index (χ0v) is 12.1. The summed E-state index contributed by atoms with van der Waals surface area (Å²) in [5.74, 6) is 0.723. The van der Waals surface area contributed by atoms with E-state index in [-0.39, 0.29) is 6.04 Å². The molecule has 0 radical (unpaired) electrons. The summed E-state index contributed by atoms with van der Waals surface area (Å²) in [6, 6.07) is 15.1. The minimum atomic E-state index is 0.133. The van der Waals surface area contributed by atoms with E-state index in [2.05, 4.69) is 49.4 Å². The van der Waals surface area contributed by atoms with E-state index >= 15 is 0 Å². The molecular formula is C18H23NO. The first-order valence-electron chi connectivity index (χ1n) is 7.62. The third-order valence-corrected chi connectivity index (χ3v) is 4.40. The maximum atomic E-state index is 6.45. The Hall–Kier alpha value is -1.38. The average Bonchev–Trinajstić information content (AvgIpc) is 2.44. The summed E-state index contributed by atoms with van der Waals surface area (Å²) in [4.78, 5) is 0. The average molecular weight is 269 g/mol. The van der Waals surface area contributed by atoms with Gasteiger partial charge in [0.25, 0.3) is 0 Å². The summed E-state index contributed by atoms with van der Waals surface area (Å²) in [5.41, 5.74) is 7.73. The topological polar surface area (TPSA) is 35.2 Å². The Balaban J connectivity index is 1.69. The molecule has 0 aromatic heterocycles. The Morgan fingerprint density at radius 1 is 1.15 bits per heavy atom. The van der Waals surface area contributed by atoms with Crippen molar-refractivity contribution in [2.75, 3.05) is 6.61 Å². The summed E-state index contributed by atoms with van der Waals surface area (Å²) in [7, 11) is 0. The standard InChI is InChI=1S/C18H23NO/c1-2-20-15-10-13(11-15)12-18(19)17-9-5-7-14-6-3-4-8-16(14)17/h3-9,13,15,18H,2,10-12,19H2,1H3. The van der Waals surface area contributed by atoms with Crippen molar-refractivity contribution in [2.45, 2.75) is 38.3 Å². The lowest BCUT2D eigenvalue weighted by molar-refractivity contribution is -0.0281. The molecule has 0 saturated heterocycles. The number of rotatable bonds is 5. The molecule has 0 aliphatic heterocycles. The van der Waals surface area contributed by atoms with E-state index in [0.717, 1.165) is 18.9 Å². The third-order valence-electron chi connectivity index (χ3n) is 4.40. The number of hydrogen-bond donors (Lipinski definition) is 1. The highest BCUT2D eigenvalue weighted by atomic mass is 16.5. The molecule has 3 rings (SSSR count). The lowest BCUT2D eigenvalue weighted by atomic mass is 9.77. The summed E-state index contributed by atoms with van der Waals surface area (Å²) in [5, 5.41) is 2.57. The van der Waals surface area contributed by atoms with E-state index in [4.69, 9.17) is 10.5 Å². The van der Waals surface area contributed by atoms with Crippen LogP contribution in [0.5, 0.6) is 0 Å². The van der Waals surface area contributed by atoms with Gasteiger partial charge in [0, 0.05) is 12.6 Å². The summed E-state index contributed by atoms with van der Waals surface area (Å²) < 4.78 is 5.62. The van der Waals surface area contributed by atoms with Crippen molar-refractivity contribution in [2.24, 2.45) is 11.7 Å². The van der Waals surface area contributed by atoms with Gasteiger partial charge in [-0.05, 0) is 48.4 Å². The van der Waals surface area contributed by atoms with E-state index in [1.54, 1.807) is 0 Å². The molecule has 2 heteroatoms. The van der Waals surface area contributed by atoms with Gasteiger partial charge in [0.05, 0.1) is 6.10 Å². The quantitative estimate of drug-likeness (QED) is 0.889. The predicted octanol–water partition coefficient (Wildman–Crippen LogP) is 4.04. The predicted molar refractivity (Wildman–Crippen MR) is 83.6 cm³/mol. The minimum Gasteiger partial charge on any atom is -0.378 e. The van der Waals surface area contributed by atoms with E-state index in [9.17, 15) is 0 Å². The van der Waals surface area contributed by atoms with Crippen LogP contribution in [0.15, 0.2) is 42.5 Å². The molecule has 1 unspecified atom stereocenters. The SMILES string of the molecule is CCOC1CC(CC(N)c2cccc3ccccc23)C1. The number of fused-ring (bicyclic) bond motifs is 1. The maximum Gasteiger partial charge on any atom is 0.0580 e. The van der Waals surface area contributed by atoms with Crippen LogP contribution in [0, 0.1) is 5.92 Å². The van der Waals surface area contributed by atoms with E-state index in [1.165, 1.54) is 29.2 Å². The zero-order chi connectivity index (χ0) is 13.9. The van der Waals surface area contributed by atoms with E-state index in [0.29, 0.717) is 6.10 Å². The molecule has 2 aromatic carbocycles. The Morgan fingerprint density at radius 2 is 1.90 bits per heavy atom. The largest absolute Gasteiger partial charge is 0.378 e. The van der Waals surface area contributed by atoms with Gasteiger partial charge in [-0.2, -0.15) is 0 Å². The smallest absolute Gasteiger partial charge is 0.0580 e. The molecule has 1 aliphatic carbocycles. The lowest BCUT2D eigenvalue weighted by Gasteiger charge is -2.36. The Morgan fingerprint density at radius 3 is 2.70 bits per heavy atom. The van der Waals surface area contributed by atoms with Crippen molar-refractivity contribution in [3.63, 3.8) is 0 Å². The summed E-state index contributed by atoms with van der Waals surface area (Å²) >= 11 is 0. The van der Waals surface area contributed by atoms with Crippen LogP contribution < -0.4 is 5.73 Å². The molecule has 1 atom stereocenters. The Labute approximate surface area is 120 Å². The molecule has 0 heterocycles. The van der Waals surface area contributed by atoms with Gasteiger partial charge in [0.2, 0.25) is 0 Å². The van der Waals surface area contributed by atoms with Gasteiger partial charge in [-0.25, -0.2) is 0 Å². The molecule has 1 aliphatic rings. The van der Waals surface area contributed by atoms with Crippen LogP contribution in [0.3, 0.4) is 0 Å². The van der Waals surface area contributed by atoms with Gasteiger partial charge in [-0.3, -0.25) is 0 Å². The van der Waals surface area contributed by atoms with Gasteiger partial charge in [0.15, 0.2) is 0 Å². The monoisotopic (exact) mass is 269 g/mol. The molecule has 1 fully saturated rings. The van der Waals surface area contributed by atoms with Crippen molar-refractivity contribution in [3.05, 3.63) is 48.0 Å². The second kappa shape index (κ2) is 5.94. The second-order valence-electron chi connectivity index (χ2n) is 5.83. The zero-order valence-electron chi connectivity index (χ0n) is 12.1. The third kappa shape index (κ3) is 2.72. The number of ether oxygens (including phenoxy) is 1. The van der Waals surface area contributed by atoms with Crippen LogP contribution in [0.2, 0.25) is 0 Å². The van der Waals surface area contributed by atoms with Crippen molar-refractivity contribution in [1.29, 1.82) is 0 Å². The molecule has 1 saturated carbocycles. The summed E-state index contributed by atoms with van der Waals surface area (Å²) in [6.07, 6.45) is 3.89. The fraction of sp³-hybridized carbons (Fsp3) is 0.444. The first-order valence-corrected chi connectivity index (χ1v) is 7.62. The van der Waals surface area contributed by atoms with Gasteiger partial charge in [-0.15, -0.1) is 0 Å². The highest BCUT2D eigenvalue weighted by Crippen LogP contribution is 2.37. The molecular weight excluding hydrogens is 246 g/mol. The molecule has 0 amide bonds. The number of hydrogen-bond acceptors (Lipinski definition) is 2. The van der Waals surface area contributed by atoms with Crippen LogP contribution >= 0.6 is 0 Å². The van der Waals surface area contributed by atoms with Gasteiger partial charge in [0.1, 0.15) is 0 Å². The Kier molecular flexibility index (Phi) is 4.04. The normalized spacial score (nSPS) is 23.5. The van der Waals surface area contributed by atoms with Gasteiger partial charge >= 0.3 is 0 Å². The molecule has 2 aromatic rings. The molecule has 0 spiro atoms. The lowest BCUT2D eigenvalue weighted by Crippen LogP contribution is -2.33.